The van der Waals surface area contributed by atoms with Crippen molar-refractivity contribution in [3.63, 3.8) is 0 Å². The summed E-state index contributed by atoms with van der Waals surface area (Å²) in [6, 6.07) is 16.2. The maximum Gasteiger partial charge on any atom is 0.304 e. The van der Waals surface area contributed by atoms with Crippen molar-refractivity contribution in [3.05, 3.63) is 75.8 Å². The maximum absolute atomic E-state index is 11.2. The van der Waals surface area contributed by atoms with E-state index in [9.17, 15) is 15.2 Å². The molecule has 0 radical (unpaired) electrons. The number of carboxylic acids is 1. The van der Waals surface area contributed by atoms with Crippen LogP contribution in [-0.4, -0.2) is 37.0 Å². The predicted molar refractivity (Wildman–Crippen MR) is 149 cm³/mol. The van der Waals surface area contributed by atoms with Crippen LogP contribution < -0.4 is 14.2 Å². The van der Waals surface area contributed by atoms with E-state index in [1.54, 1.807) is 0 Å². The Kier molecular flexibility index (Phi) is 7.12. The summed E-state index contributed by atoms with van der Waals surface area (Å²) in [5.74, 6) is 1.28. The molecule has 206 valence electrons. The molecule has 0 amide bonds. The molecular weight excluding hydrogens is 506 g/mol. The van der Waals surface area contributed by atoms with Gasteiger partial charge in [-0.25, -0.2) is 0 Å². The summed E-state index contributed by atoms with van der Waals surface area (Å²) in [5.41, 5.74) is 8.09. The van der Waals surface area contributed by atoms with E-state index in [4.69, 9.17) is 18.9 Å². The highest BCUT2D eigenvalue weighted by atomic mass is 16.5. The molecule has 1 aliphatic carbocycles. The number of nitrogens with zero attached hydrogens (tertiary/aromatic N) is 1. The number of nitriles is 1. The summed E-state index contributed by atoms with van der Waals surface area (Å²) in [7, 11) is 0. The van der Waals surface area contributed by atoms with Crippen LogP contribution in [0.5, 0.6) is 17.2 Å². The van der Waals surface area contributed by atoms with E-state index in [2.05, 4.69) is 32.0 Å². The van der Waals surface area contributed by atoms with Crippen molar-refractivity contribution in [1.82, 2.24) is 0 Å². The van der Waals surface area contributed by atoms with E-state index in [-0.39, 0.29) is 24.5 Å². The van der Waals surface area contributed by atoms with Crippen LogP contribution in [0.2, 0.25) is 0 Å². The lowest BCUT2D eigenvalue weighted by molar-refractivity contribution is -0.137. The number of hydrogen-bond acceptors (Lipinski definition) is 6. The number of hydrogen-bond donors (Lipinski definition) is 1. The maximum atomic E-state index is 11.2. The van der Waals surface area contributed by atoms with Gasteiger partial charge in [0.05, 0.1) is 37.9 Å². The fraction of sp³-hybridized carbons (Fsp3) is 0.394. The molecule has 7 heteroatoms. The number of fused-ring (bicyclic) bond motifs is 2. The van der Waals surface area contributed by atoms with Crippen molar-refractivity contribution in [1.29, 1.82) is 5.26 Å². The summed E-state index contributed by atoms with van der Waals surface area (Å²) >= 11 is 0. The summed E-state index contributed by atoms with van der Waals surface area (Å²) in [6.07, 6.45) is 3.48. The lowest BCUT2D eigenvalue weighted by Crippen LogP contribution is -2.25. The Hall–Kier alpha value is -4.02. The molecule has 3 aromatic rings. The van der Waals surface area contributed by atoms with Crippen molar-refractivity contribution in [3.8, 4) is 34.4 Å². The Balaban J connectivity index is 1.28. The van der Waals surface area contributed by atoms with Gasteiger partial charge in [0.15, 0.2) is 0 Å². The minimum atomic E-state index is -0.830. The standard InChI is InChI=1S/C33H33NO6/c1-19-13-25(39-23-9-11-37-12-10-23)14-20(2)32(19)33-21(17-34)3-5-27-28(33)7-8-29(27)40-24-4-6-26-22(15-31(35)36)18-38-30(26)16-24/h3-6,13-14,16,22-23,29H,7-12,15,18H2,1-2H3,(H,35,36)/t22?,29-/m1/s1. The first-order valence-corrected chi connectivity index (χ1v) is 14.0. The van der Waals surface area contributed by atoms with Crippen LogP contribution in [0.15, 0.2) is 42.5 Å². The topological polar surface area (TPSA) is 98.0 Å². The number of ether oxygens (including phenoxy) is 4. The molecule has 1 N–H and O–H groups in total. The molecule has 40 heavy (non-hydrogen) atoms. The number of rotatable bonds is 7. The molecule has 0 bridgehead atoms. The Morgan fingerprint density at radius 1 is 0.975 bits per heavy atom. The van der Waals surface area contributed by atoms with Gasteiger partial charge in [-0.2, -0.15) is 5.26 Å². The van der Waals surface area contributed by atoms with Gasteiger partial charge in [0, 0.05) is 36.0 Å². The summed E-state index contributed by atoms with van der Waals surface area (Å²) in [4.78, 5) is 11.2. The molecule has 6 rings (SSSR count). The zero-order valence-corrected chi connectivity index (χ0v) is 22.9. The van der Waals surface area contributed by atoms with Crippen molar-refractivity contribution >= 4 is 5.97 Å². The van der Waals surface area contributed by atoms with Gasteiger partial charge in [0.1, 0.15) is 29.5 Å². The number of benzene rings is 3. The van der Waals surface area contributed by atoms with Crippen molar-refractivity contribution in [2.45, 2.75) is 64.1 Å². The third kappa shape index (κ3) is 5.00. The van der Waals surface area contributed by atoms with E-state index >= 15 is 0 Å². The predicted octanol–water partition coefficient (Wildman–Crippen LogP) is 6.42. The van der Waals surface area contributed by atoms with E-state index in [0.29, 0.717) is 23.7 Å². The monoisotopic (exact) mass is 539 g/mol. The Labute approximate surface area is 234 Å². The number of carboxylic acid groups (broad SMARTS) is 1. The van der Waals surface area contributed by atoms with E-state index in [1.165, 1.54) is 0 Å². The van der Waals surface area contributed by atoms with Crippen LogP contribution in [0, 0.1) is 25.2 Å². The molecule has 2 aliphatic heterocycles. The molecular formula is C33H33NO6. The molecule has 1 saturated heterocycles. The minimum Gasteiger partial charge on any atom is -0.492 e. The van der Waals surface area contributed by atoms with Gasteiger partial charge in [-0.05, 0) is 78.8 Å². The molecule has 1 unspecified atom stereocenters. The molecule has 0 saturated carbocycles. The van der Waals surface area contributed by atoms with Crippen LogP contribution in [0.3, 0.4) is 0 Å². The van der Waals surface area contributed by atoms with Gasteiger partial charge in [0.2, 0.25) is 0 Å². The first-order chi connectivity index (χ1) is 19.4. The third-order valence-electron chi connectivity index (χ3n) is 8.26. The fourth-order valence-electron chi connectivity index (χ4n) is 6.41. The average molecular weight is 540 g/mol. The molecule has 7 nitrogen and oxygen atoms in total. The molecule has 1 fully saturated rings. The van der Waals surface area contributed by atoms with Crippen molar-refractivity contribution in [2.24, 2.45) is 0 Å². The van der Waals surface area contributed by atoms with Crippen LogP contribution in [0.25, 0.3) is 11.1 Å². The molecule has 3 aromatic carbocycles. The molecule has 3 aliphatic rings. The minimum absolute atomic E-state index is 0.0503. The summed E-state index contributed by atoms with van der Waals surface area (Å²) in [5, 5.41) is 19.2. The Bertz CT molecular complexity index is 1480. The molecule has 2 heterocycles. The second-order valence-electron chi connectivity index (χ2n) is 11.0. The van der Waals surface area contributed by atoms with Gasteiger partial charge in [-0.1, -0.05) is 12.1 Å². The average Bonchev–Trinajstić information content (AvgIpc) is 3.52. The SMILES string of the molecule is Cc1cc(OC2CCOCC2)cc(C)c1-c1c(C#N)ccc2c1CC[C@H]2Oc1ccc2c(c1)OCC2CC(=O)O. The van der Waals surface area contributed by atoms with Gasteiger partial charge < -0.3 is 24.1 Å². The van der Waals surface area contributed by atoms with E-state index < -0.39 is 5.97 Å². The van der Waals surface area contributed by atoms with E-state index in [0.717, 1.165) is 83.6 Å². The summed E-state index contributed by atoms with van der Waals surface area (Å²) in [6.45, 7) is 6.01. The second kappa shape index (κ2) is 10.9. The molecule has 0 spiro atoms. The van der Waals surface area contributed by atoms with Gasteiger partial charge in [0.25, 0.3) is 0 Å². The molecule has 0 aromatic heterocycles. The smallest absolute Gasteiger partial charge is 0.304 e. The molecule has 2 atom stereocenters. The van der Waals surface area contributed by atoms with Gasteiger partial charge in [-0.3, -0.25) is 4.79 Å². The first-order valence-electron chi connectivity index (χ1n) is 14.0. The quantitative estimate of drug-likeness (QED) is 0.370. The van der Waals surface area contributed by atoms with Crippen molar-refractivity contribution < 1.29 is 28.8 Å². The highest BCUT2D eigenvalue weighted by Gasteiger charge is 2.31. The number of aryl methyl sites for hydroxylation is 2. The summed E-state index contributed by atoms with van der Waals surface area (Å²) < 4.78 is 24.0. The van der Waals surface area contributed by atoms with Crippen molar-refractivity contribution in [2.75, 3.05) is 19.8 Å². The highest BCUT2D eigenvalue weighted by Crippen LogP contribution is 2.45. The zero-order valence-electron chi connectivity index (χ0n) is 22.9. The van der Waals surface area contributed by atoms with Crippen LogP contribution in [0.4, 0.5) is 0 Å². The first kappa shape index (κ1) is 26.2. The van der Waals surface area contributed by atoms with Gasteiger partial charge in [-0.15, -0.1) is 0 Å². The second-order valence-corrected chi connectivity index (χ2v) is 11.0. The van der Waals surface area contributed by atoms with Crippen LogP contribution in [-0.2, 0) is 16.0 Å². The Morgan fingerprint density at radius 3 is 2.45 bits per heavy atom. The largest absolute Gasteiger partial charge is 0.492 e. The van der Waals surface area contributed by atoms with E-state index in [1.807, 2.05) is 30.3 Å². The van der Waals surface area contributed by atoms with Crippen LogP contribution >= 0.6 is 0 Å². The third-order valence-corrected chi connectivity index (χ3v) is 8.26. The fourth-order valence-corrected chi connectivity index (χ4v) is 6.41. The normalized spacial score (nSPS) is 19.8. The Morgan fingerprint density at radius 2 is 1.73 bits per heavy atom. The lowest BCUT2D eigenvalue weighted by Gasteiger charge is -2.24. The lowest BCUT2D eigenvalue weighted by atomic mass is 9.87. The zero-order chi connectivity index (χ0) is 27.8. The highest BCUT2D eigenvalue weighted by molar-refractivity contribution is 5.81. The number of carbonyl (C=O) groups is 1. The van der Waals surface area contributed by atoms with Crippen LogP contribution in [0.1, 0.15) is 71.1 Å². The number of aliphatic carboxylic acids is 1. The van der Waals surface area contributed by atoms with Gasteiger partial charge >= 0.3 is 5.97 Å².